The van der Waals surface area contributed by atoms with Crippen LogP contribution in [0.5, 0.6) is 0 Å². The van der Waals surface area contributed by atoms with Gasteiger partial charge in [-0.3, -0.25) is 4.79 Å². The van der Waals surface area contributed by atoms with Crippen molar-refractivity contribution in [2.24, 2.45) is 0 Å². The van der Waals surface area contributed by atoms with E-state index in [1.165, 1.54) is 22.7 Å². The second-order valence-corrected chi connectivity index (χ2v) is 8.39. The third-order valence-corrected chi connectivity index (χ3v) is 4.80. The van der Waals surface area contributed by atoms with Crippen LogP contribution in [0, 0.1) is 0 Å². The zero-order valence-corrected chi connectivity index (χ0v) is 13.5. The average molecular weight is 313 g/mol. The van der Waals surface area contributed by atoms with E-state index in [2.05, 4.69) is 0 Å². The van der Waals surface area contributed by atoms with Gasteiger partial charge >= 0.3 is 11.9 Å². The number of aliphatic carboxylic acids is 1. The molecule has 2 aliphatic rings. The van der Waals surface area contributed by atoms with Gasteiger partial charge in [0.15, 0.2) is 0 Å². The largest absolute Gasteiger partial charge is 0.480 e. The number of carbonyl (C=O) groups excluding carboxylic acids is 2. The lowest BCUT2D eigenvalue weighted by molar-refractivity contribution is -0.153. The normalized spacial score (nSPS) is 29.1. The number of esters is 1. The van der Waals surface area contributed by atoms with Gasteiger partial charge in [-0.25, -0.2) is 9.59 Å². The van der Waals surface area contributed by atoms with Gasteiger partial charge in [0.05, 0.1) is 5.57 Å². The first-order valence-electron chi connectivity index (χ1n) is 6.62. The van der Waals surface area contributed by atoms with Crippen molar-refractivity contribution in [3.63, 3.8) is 0 Å². The Hall–Kier alpha value is -1.50. The van der Waals surface area contributed by atoms with E-state index in [9.17, 15) is 19.5 Å². The molecule has 1 amide bonds. The molecule has 0 saturated carbocycles. The second kappa shape index (κ2) is 4.76. The second-order valence-electron chi connectivity index (χ2n) is 6.66. The van der Waals surface area contributed by atoms with Crippen LogP contribution >= 0.6 is 11.8 Å². The number of rotatable bonds is 2. The predicted molar refractivity (Wildman–Crippen MR) is 77.7 cm³/mol. The van der Waals surface area contributed by atoms with Gasteiger partial charge in [-0.05, 0) is 34.6 Å². The van der Waals surface area contributed by atoms with Gasteiger partial charge in [0.2, 0.25) is 0 Å². The molecule has 6 nitrogen and oxygen atoms in total. The quantitative estimate of drug-likeness (QED) is 0.471. The highest BCUT2D eigenvalue weighted by atomic mass is 32.2. The minimum atomic E-state index is -1.03. The van der Waals surface area contributed by atoms with E-state index in [0.29, 0.717) is 5.57 Å². The summed E-state index contributed by atoms with van der Waals surface area (Å²) in [6.07, 6.45) is 1.18. The number of carbonyl (C=O) groups is 3. The number of hydrogen-bond donors (Lipinski definition) is 1. The molecule has 0 aromatic carbocycles. The summed E-state index contributed by atoms with van der Waals surface area (Å²) in [5.74, 6) is -2.02. The molecule has 0 aromatic heterocycles. The number of carboxylic acid groups (broad SMARTS) is 1. The number of hydrogen-bond acceptors (Lipinski definition) is 5. The Bertz CT molecular complexity index is 546. The number of fused-ring (bicyclic) bond motifs is 1. The fourth-order valence-electron chi connectivity index (χ4n) is 2.51. The standard InChI is InChI=1S/C14H19NO5S/c1-13(2,3)20-8(16)6-7-10(17)15-9(12(18)19)14(4,5)21-11(7)15/h6,9,11H,1-5H3,(H,18,19)/b7-6-/t9-,11+/m0/s1. The van der Waals surface area contributed by atoms with Crippen LogP contribution in [0.3, 0.4) is 0 Å². The third-order valence-electron chi connectivity index (χ3n) is 3.27. The van der Waals surface area contributed by atoms with Crippen molar-refractivity contribution in [3.05, 3.63) is 11.6 Å². The maximum absolute atomic E-state index is 12.1. The molecule has 7 heteroatoms. The van der Waals surface area contributed by atoms with Crippen LogP contribution < -0.4 is 0 Å². The van der Waals surface area contributed by atoms with Gasteiger partial charge in [-0.2, -0.15) is 0 Å². The smallest absolute Gasteiger partial charge is 0.331 e. The van der Waals surface area contributed by atoms with Crippen molar-refractivity contribution in [1.82, 2.24) is 4.90 Å². The van der Waals surface area contributed by atoms with E-state index in [4.69, 9.17) is 4.74 Å². The molecular weight excluding hydrogens is 294 g/mol. The van der Waals surface area contributed by atoms with Gasteiger partial charge in [0.1, 0.15) is 17.0 Å². The van der Waals surface area contributed by atoms with E-state index in [1.54, 1.807) is 34.6 Å². The number of thioether (sulfide) groups is 1. The summed E-state index contributed by atoms with van der Waals surface area (Å²) in [4.78, 5) is 36.6. The average Bonchev–Trinajstić information content (AvgIpc) is 2.52. The summed E-state index contributed by atoms with van der Waals surface area (Å²) in [7, 11) is 0. The maximum atomic E-state index is 12.1. The van der Waals surface area contributed by atoms with Crippen LogP contribution in [-0.2, 0) is 19.1 Å². The monoisotopic (exact) mass is 313 g/mol. The van der Waals surface area contributed by atoms with E-state index in [0.717, 1.165) is 0 Å². The number of nitrogens with zero attached hydrogens (tertiary/aromatic N) is 1. The van der Waals surface area contributed by atoms with E-state index in [1.807, 2.05) is 0 Å². The van der Waals surface area contributed by atoms with Crippen LogP contribution in [-0.4, -0.2) is 49.6 Å². The van der Waals surface area contributed by atoms with Crippen LogP contribution in [0.25, 0.3) is 0 Å². The minimum Gasteiger partial charge on any atom is -0.480 e. The van der Waals surface area contributed by atoms with Crippen molar-refractivity contribution in [3.8, 4) is 0 Å². The third kappa shape index (κ3) is 2.79. The van der Waals surface area contributed by atoms with Gasteiger partial charge in [0.25, 0.3) is 5.91 Å². The Balaban J connectivity index is 2.20. The number of ether oxygens (including phenoxy) is 1. The van der Waals surface area contributed by atoms with Crippen molar-refractivity contribution in [1.29, 1.82) is 0 Å². The van der Waals surface area contributed by atoms with E-state index < -0.39 is 34.2 Å². The molecular formula is C14H19NO5S. The molecule has 0 aromatic rings. The highest BCUT2D eigenvalue weighted by Gasteiger charge is 2.61. The lowest BCUT2D eigenvalue weighted by atomic mass is 9.95. The number of carboxylic acids is 1. The topological polar surface area (TPSA) is 83.9 Å². The molecule has 0 aliphatic carbocycles. The lowest BCUT2D eigenvalue weighted by Crippen LogP contribution is -2.58. The molecule has 2 rings (SSSR count). The van der Waals surface area contributed by atoms with Crippen molar-refractivity contribution in [2.45, 2.75) is 56.4 Å². The Kier molecular flexibility index (Phi) is 3.60. The zero-order chi connectivity index (χ0) is 16.2. The molecule has 2 saturated heterocycles. The first-order valence-corrected chi connectivity index (χ1v) is 7.50. The summed E-state index contributed by atoms with van der Waals surface area (Å²) in [6, 6.07) is -0.879. The Morgan fingerprint density at radius 1 is 1.38 bits per heavy atom. The van der Waals surface area contributed by atoms with Gasteiger partial charge in [-0.1, -0.05) is 0 Å². The van der Waals surface area contributed by atoms with Crippen LogP contribution in [0.4, 0.5) is 0 Å². The van der Waals surface area contributed by atoms with Crippen LogP contribution in [0.1, 0.15) is 34.6 Å². The summed E-state index contributed by atoms with van der Waals surface area (Å²) >= 11 is 1.37. The molecule has 116 valence electrons. The Labute approximate surface area is 127 Å². The maximum Gasteiger partial charge on any atom is 0.331 e. The molecule has 0 spiro atoms. The summed E-state index contributed by atoms with van der Waals surface area (Å²) < 4.78 is 4.55. The Morgan fingerprint density at radius 3 is 2.43 bits per heavy atom. The highest BCUT2D eigenvalue weighted by Crippen LogP contribution is 2.52. The summed E-state index contributed by atoms with van der Waals surface area (Å²) in [5, 5.41) is 8.90. The van der Waals surface area contributed by atoms with Crippen LogP contribution in [0.15, 0.2) is 11.6 Å². The van der Waals surface area contributed by atoms with Crippen LogP contribution in [0.2, 0.25) is 0 Å². The van der Waals surface area contributed by atoms with Gasteiger partial charge in [-0.15, -0.1) is 11.8 Å². The fraction of sp³-hybridized carbons (Fsp3) is 0.643. The van der Waals surface area contributed by atoms with E-state index >= 15 is 0 Å². The molecule has 1 N–H and O–H groups in total. The molecule has 2 aliphatic heterocycles. The Morgan fingerprint density at radius 2 is 1.95 bits per heavy atom. The van der Waals surface area contributed by atoms with Gasteiger partial charge in [0, 0.05) is 10.8 Å². The van der Waals surface area contributed by atoms with Gasteiger partial charge < -0.3 is 14.7 Å². The predicted octanol–water partition coefficient (Wildman–Crippen LogP) is 1.40. The molecule has 0 unspecified atom stereocenters. The molecule has 21 heavy (non-hydrogen) atoms. The molecule has 0 radical (unpaired) electrons. The minimum absolute atomic E-state index is 0.311. The molecule has 2 fully saturated rings. The van der Waals surface area contributed by atoms with Crippen molar-refractivity contribution >= 4 is 29.6 Å². The van der Waals surface area contributed by atoms with E-state index in [-0.39, 0.29) is 5.37 Å². The lowest BCUT2D eigenvalue weighted by Gasteiger charge is -2.38. The molecule has 0 bridgehead atoms. The first kappa shape index (κ1) is 15.9. The number of β-lactam (4-membered cyclic amide) rings is 1. The summed E-state index contributed by atoms with van der Waals surface area (Å²) in [5.41, 5.74) is -0.321. The van der Waals surface area contributed by atoms with Crippen molar-refractivity contribution < 1.29 is 24.2 Å². The summed E-state index contributed by atoms with van der Waals surface area (Å²) in [6.45, 7) is 8.80. The molecule has 2 heterocycles. The molecule has 2 atom stereocenters. The fourth-order valence-corrected chi connectivity index (χ4v) is 4.06. The SMILES string of the molecule is CC(C)(C)OC(=O)/C=C1/C(=O)N2[C@@H]1SC(C)(C)[C@@H]2C(=O)O. The van der Waals surface area contributed by atoms with Crippen molar-refractivity contribution in [2.75, 3.05) is 0 Å². The zero-order valence-electron chi connectivity index (χ0n) is 12.7. The highest BCUT2D eigenvalue weighted by molar-refractivity contribution is 8.01. The first-order chi connectivity index (χ1) is 9.44. The number of amides is 1.